The van der Waals surface area contributed by atoms with Crippen LogP contribution in [0.3, 0.4) is 0 Å². The lowest BCUT2D eigenvalue weighted by molar-refractivity contribution is 0.472. The number of hydrogen-bond donors (Lipinski definition) is 2. The molecule has 0 aliphatic carbocycles. The van der Waals surface area contributed by atoms with Crippen molar-refractivity contribution < 1.29 is 10.2 Å². The van der Waals surface area contributed by atoms with Crippen LogP contribution in [-0.4, -0.2) is 10.2 Å². The Morgan fingerprint density at radius 1 is 0.737 bits per heavy atom. The van der Waals surface area contributed by atoms with Crippen molar-refractivity contribution in [2.75, 3.05) is 0 Å². The van der Waals surface area contributed by atoms with Crippen molar-refractivity contribution in [3.05, 3.63) is 59.7 Å². The van der Waals surface area contributed by atoms with Crippen LogP contribution >= 0.6 is 0 Å². The van der Waals surface area contributed by atoms with E-state index in [2.05, 4.69) is 6.92 Å². The lowest BCUT2D eigenvalue weighted by Gasteiger charge is -2.15. The first kappa shape index (κ1) is 13.5. The van der Waals surface area contributed by atoms with Crippen molar-refractivity contribution in [1.29, 1.82) is 0 Å². The van der Waals surface area contributed by atoms with Gasteiger partial charge in [-0.05, 0) is 54.2 Å². The topological polar surface area (TPSA) is 40.5 Å². The summed E-state index contributed by atoms with van der Waals surface area (Å²) in [7, 11) is 0. The van der Waals surface area contributed by atoms with Crippen LogP contribution in [-0.2, 0) is 12.8 Å². The Balaban J connectivity index is 2.00. The van der Waals surface area contributed by atoms with Crippen LogP contribution in [0.5, 0.6) is 11.5 Å². The van der Waals surface area contributed by atoms with Crippen molar-refractivity contribution in [3.8, 4) is 11.5 Å². The van der Waals surface area contributed by atoms with Crippen LogP contribution in [0.4, 0.5) is 0 Å². The minimum atomic E-state index is 0.315. The number of hydrogen-bond acceptors (Lipinski definition) is 2. The maximum absolute atomic E-state index is 9.29. The number of rotatable bonds is 5. The maximum atomic E-state index is 9.29. The molecule has 19 heavy (non-hydrogen) atoms. The smallest absolute Gasteiger partial charge is 0.115 e. The maximum Gasteiger partial charge on any atom is 0.115 e. The molecule has 0 saturated heterocycles. The summed E-state index contributed by atoms with van der Waals surface area (Å²) in [6.07, 6.45) is 3.14. The highest BCUT2D eigenvalue weighted by molar-refractivity contribution is 5.28. The quantitative estimate of drug-likeness (QED) is 0.851. The lowest BCUT2D eigenvalue weighted by atomic mass is 9.90. The summed E-state index contributed by atoms with van der Waals surface area (Å²) >= 11 is 0. The highest BCUT2D eigenvalue weighted by atomic mass is 16.3. The molecular weight excluding hydrogens is 236 g/mol. The summed E-state index contributed by atoms with van der Waals surface area (Å²) in [5.74, 6) is 1.21. The molecule has 2 N–H and O–H groups in total. The zero-order valence-electron chi connectivity index (χ0n) is 11.2. The summed E-state index contributed by atoms with van der Waals surface area (Å²) in [5.41, 5.74) is 2.51. The first-order valence-corrected chi connectivity index (χ1v) is 6.73. The Kier molecular flexibility index (Phi) is 4.45. The monoisotopic (exact) mass is 256 g/mol. The number of phenols is 2. The van der Waals surface area contributed by atoms with Gasteiger partial charge in [-0.15, -0.1) is 0 Å². The second-order valence-corrected chi connectivity index (χ2v) is 5.02. The predicted molar refractivity (Wildman–Crippen MR) is 77.4 cm³/mol. The fourth-order valence-electron chi connectivity index (χ4n) is 2.29. The van der Waals surface area contributed by atoms with Gasteiger partial charge >= 0.3 is 0 Å². The van der Waals surface area contributed by atoms with E-state index in [1.54, 1.807) is 24.3 Å². The van der Waals surface area contributed by atoms with Gasteiger partial charge in [-0.1, -0.05) is 37.6 Å². The van der Waals surface area contributed by atoms with Crippen molar-refractivity contribution in [3.63, 3.8) is 0 Å². The minimum Gasteiger partial charge on any atom is -0.508 e. The van der Waals surface area contributed by atoms with Crippen LogP contribution in [0.25, 0.3) is 0 Å². The predicted octanol–water partition coefficient (Wildman–Crippen LogP) is 3.91. The van der Waals surface area contributed by atoms with E-state index in [4.69, 9.17) is 0 Å². The molecule has 2 heteroatoms. The largest absolute Gasteiger partial charge is 0.508 e. The minimum absolute atomic E-state index is 0.315. The van der Waals surface area contributed by atoms with Gasteiger partial charge in [0, 0.05) is 0 Å². The molecule has 0 aliphatic heterocycles. The normalized spacial score (nSPS) is 10.8. The molecule has 0 radical (unpaired) electrons. The molecule has 100 valence electrons. The van der Waals surface area contributed by atoms with Gasteiger partial charge in [0.2, 0.25) is 0 Å². The molecule has 0 aromatic heterocycles. The molecule has 0 unspecified atom stereocenters. The van der Waals surface area contributed by atoms with Gasteiger partial charge in [0.1, 0.15) is 11.5 Å². The molecule has 0 amide bonds. The molecule has 0 bridgehead atoms. The molecular formula is C17H20O2. The summed E-state index contributed by atoms with van der Waals surface area (Å²) in [6.45, 7) is 2.20. The van der Waals surface area contributed by atoms with Crippen LogP contribution in [0.1, 0.15) is 24.5 Å². The first-order valence-electron chi connectivity index (χ1n) is 6.73. The van der Waals surface area contributed by atoms with Crippen LogP contribution in [0.15, 0.2) is 48.5 Å². The molecule has 2 aromatic rings. The number of phenolic OH excluding ortho intramolecular Hbond substituents is 2. The van der Waals surface area contributed by atoms with E-state index in [0.29, 0.717) is 17.4 Å². The fourth-order valence-corrected chi connectivity index (χ4v) is 2.29. The molecule has 0 saturated carbocycles. The third kappa shape index (κ3) is 4.02. The van der Waals surface area contributed by atoms with Crippen molar-refractivity contribution in [2.45, 2.75) is 26.2 Å². The van der Waals surface area contributed by atoms with Crippen LogP contribution < -0.4 is 0 Å². The zero-order valence-corrected chi connectivity index (χ0v) is 11.2. The highest BCUT2D eigenvalue weighted by Crippen LogP contribution is 2.20. The third-order valence-electron chi connectivity index (χ3n) is 3.50. The molecule has 2 aromatic carbocycles. The SMILES string of the molecule is CCC(Cc1ccc(O)cc1)Cc1ccc(O)cc1. The molecule has 0 fully saturated rings. The second kappa shape index (κ2) is 6.28. The van der Waals surface area contributed by atoms with Gasteiger partial charge in [-0.3, -0.25) is 0 Å². The average molecular weight is 256 g/mol. The standard InChI is InChI=1S/C17H20O2/c1-2-13(11-14-3-7-16(18)8-4-14)12-15-5-9-17(19)10-6-15/h3-10,13,18-19H,2,11-12H2,1H3. The van der Waals surface area contributed by atoms with E-state index in [9.17, 15) is 10.2 Å². The van der Waals surface area contributed by atoms with E-state index in [1.165, 1.54) is 11.1 Å². The Morgan fingerprint density at radius 3 is 1.42 bits per heavy atom. The zero-order chi connectivity index (χ0) is 13.7. The first-order chi connectivity index (χ1) is 9.17. The van der Waals surface area contributed by atoms with E-state index < -0.39 is 0 Å². The van der Waals surface area contributed by atoms with Gasteiger partial charge in [0.15, 0.2) is 0 Å². The van der Waals surface area contributed by atoms with E-state index >= 15 is 0 Å². The third-order valence-corrected chi connectivity index (χ3v) is 3.50. The van der Waals surface area contributed by atoms with E-state index in [-0.39, 0.29) is 0 Å². The molecule has 2 rings (SSSR count). The lowest BCUT2D eigenvalue weighted by Crippen LogP contribution is -2.07. The van der Waals surface area contributed by atoms with Gasteiger partial charge < -0.3 is 10.2 Å². The van der Waals surface area contributed by atoms with Crippen molar-refractivity contribution in [1.82, 2.24) is 0 Å². The summed E-state index contributed by atoms with van der Waals surface area (Å²) < 4.78 is 0. The second-order valence-electron chi connectivity index (χ2n) is 5.02. The number of aromatic hydroxyl groups is 2. The van der Waals surface area contributed by atoms with Crippen molar-refractivity contribution in [2.24, 2.45) is 5.92 Å². The Labute approximate surface area is 114 Å². The molecule has 0 aliphatic rings. The van der Waals surface area contributed by atoms with Gasteiger partial charge in [0.05, 0.1) is 0 Å². The molecule has 2 nitrogen and oxygen atoms in total. The van der Waals surface area contributed by atoms with Crippen LogP contribution in [0, 0.1) is 5.92 Å². The van der Waals surface area contributed by atoms with Crippen molar-refractivity contribution >= 4 is 0 Å². The van der Waals surface area contributed by atoms with Crippen LogP contribution in [0.2, 0.25) is 0 Å². The molecule has 0 atom stereocenters. The Hall–Kier alpha value is -1.96. The van der Waals surface area contributed by atoms with E-state index in [1.807, 2.05) is 24.3 Å². The average Bonchev–Trinajstić information content (AvgIpc) is 2.43. The summed E-state index contributed by atoms with van der Waals surface area (Å²) in [6, 6.07) is 14.9. The Morgan fingerprint density at radius 2 is 1.11 bits per heavy atom. The van der Waals surface area contributed by atoms with Gasteiger partial charge in [-0.2, -0.15) is 0 Å². The van der Waals surface area contributed by atoms with E-state index in [0.717, 1.165) is 19.3 Å². The highest BCUT2D eigenvalue weighted by Gasteiger charge is 2.09. The van der Waals surface area contributed by atoms with Gasteiger partial charge in [0.25, 0.3) is 0 Å². The summed E-state index contributed by atoms with van der Waals surface area (Å²) in [5, 5.41) is 18.6. The Bertz CT molecular complexity index is 452. The number of benzene rings is 2. The fraction of sp³-hybridized carbons (Fsp3) is 0.294. The molecule has 0 spiro atoms. The van der Waals surface area contributed by atoms with Gasteiger partial charge in [-0.25, -0.2) is 0 Å². The summed E-state index contributed by atoms with van der Waals surface area (Å²) in [4.78, 5) is 0. The molecule has 0 heterocycles.